The zero-order valence-electron chi connectivity index (χ0n) is 15.9. The summed E-state index contributed by atoms with van der Waals surface area (Å²) in [5.41, 5.74) is 0. The van der Waals surface area contributed by atoms with E-state index in [0.717, 1.165) is 0 Å². The molecule has 1 saturated heterocycles. The molecule has 0 atom stereocenters. The predicted molar refractivity (Wildman–Crippen MR) is 102 cm³/mol. The van der Waals surface area contributed by atoms with Gasteiger partial charge in [-0.1, -0.05) is 25.6 Å². The Hall–Kier alpha value is -2.29. The molecule has 0 bridgehead atoms. The van der Waals surface area contributed by atoms with Gasteiger partial charge in [-0.2, -0.15) is 0 Å². The zero-order valence-corrected chi connectivity index (χ0v) is 16.7. The Morgan fingerprint density at radius 3 is 2.48 bits per heavy atom. The highest BCUT2D eigenvalue weighted by Crippen LogP contribution is 2.24. The summed E-state index contributed by atoms with van der Waals surface area (Å²) in [4.78, 5) is 28.2. The van der Waals surface area contributed by atoms with Crippen LogP contribution in [-0.4, -0.2) is 68.3 Å². The van der Waals surface area contributed by atoms with Gasteiger partial charge in [0, 0.05) is 38.6 Å². The van der Waals surface area contributed by atoms with Crippen LogP contribution in [0, 0.1) is 5.92 Å². The van der Waals surface area contributed by atoms with E-state index in [1.807, 2.05) is 47.3 Å². The molecule has 1 aliphatic rings. The molecule has 1 fully saturated rings. The molecule has 27 heavy (non-hydrogen) atoms. The van der Waals surface area contributed by atoms with E-state index in [4.69, 9.17) is 4.42 Å². The number of furan rings is 1. The predicted octanol–water partition coefficient (Wildman–Crippen LogP) is 1.98. The molecule has 0 saturated carbocycles. The lowest BCUT2D eigenvalue weighted by Crippen LogP contribution is -2.51. The normalized spacial score (nSPS) is 14.8. The molecule has 2 aromatic rings. The molecule has 3 heterocycles. The van der Waals surface area contributed by atoms with Crippen molar-refractivity contribution in [2.24, 2.45) is 5.92 Å². The van der Waals surface area contributed by atoms with Crippen LogP contribution in [0.1, 0.15) is 20.8 Å². The highest BCUT2D eigenvalue weighted by molar-refractivity contribution is 7.99. The Morgan fingerprint density at radius 2 is 1.89 bits per heavy atom. The maximum atomic E-state index is 12.5. The first-order chi connectivity index (χ1) is 13.0. The number of hydrogen-bond donors (Lipinski definition) is 0. The van der Waals surface area contributed by atoms with Crippen molar-refractivity contribution in [1.82, 2.24) is 24.6 Å². The molecule has 8 nitrogen and oxygen atoms in total. The molecule has 2 amide bonds. The molecule has 0 radical (unpaired) electrons. The van der Waals surface area contributed by atoms with Crippen LogP contribution in [0.15, 0.2) is 28.0 Å². The number of thioether (sulfide) groups is 1. The summed E-state index contributed by atoms with van der Waals surface area (Å²) < 4.78 is 7.34. The van der Waals surface area contributed by atoms with Crippen LogP contribution >= 0.6 is 11.8 Å². The third-order valence-electron chi connectivity index (χ3n) is 4.54. The monoisotopic (exact) mass is 391 g/mol. The maximum Gasteiger partial charge on any atom is 0.233 e. The Kier molecular flexibility index (Phi) is 6.20. The molecule has 0 unspecified atom stereocenters. The van der Waals surface area contributed by atoms with Gasteiger partial charge in [0.2, 0.25) is 11.8 Å². The van der Waals surface area contributed by atoms with E-state index >= 15 is 0 Å². The van der Waals surface area contributed by atoms with Crippen LogP contribution in [-0.2, 0) is 16.1 Å². The fourth-order valence-corrected chi connectivity index (χ4v) is 3.93. The average molecular weight is 391 g/mol. The van der Waals surface area contributed by atoms with E-state index in [1.54, 1.807) is 6.26 Å². The molecule has 2 aromatic heterocycles. The van der Waals surface area contributed by atoms with Gasteiger partial charge in [-0.05, 0) is 19.1 Å². The molecule has 0 N–H and O–H groups in total. The Bertz CT molecular complexity index is 779. The fraction of sp³-hybridized carbons (Fsp3) is 0.556. The van der Waals surface area contributed by atoms with E-state index in [-0.39, 0.29) is 17.7 Å². The van der Waals surface area contributed by atoms with E-state index in [2.05, 4.69) is 10.2 Å². The van der Waals surface area contributed by atoms with Crippen molar-refractivity contribution in [1.29, 1.82) is 0 Å². The summed E-state index contributed by atoms with van der Waals surface area (Å²) >= 11 is 1.38. The van der Waals surface area contributed by atoms with Crippen molar-refractivity contribution >= 4 is 23.6 Å². The third-order valence-corrected chi connectivity index (χ3v) is 5.49. The number of carbonyl (C=O) groups excluding carboxylic acids is 2. The van der Waals surface area contributed by atoms with Crippen molar-refractivity contribution in [3.63, 3.8) is 0 Å². The van der Waals surface area contributed by atoms with Crippen LogP contribution in [0.2, 0.25) is 0 Å². The highest BCUT2D eigenvalue weighted by atomic mass is 32.2. The molecule has 0 aliphatic carbocycles. The van der Waals surface area contributed by atoms with Gasteiger partial charge in [0.25, 0.3) is 0 Å². The summed E-state index contributed by atoms with van der Waals surface area (Å²) in [5, 5.41) is 9.10. The minimum atomic E-state index is -0.00781. The van der Waals surface area contributed by atoms with Crippen LogP contribution in [0.5, 0.6) is 0 Å². The van der Waals surface area contributed by atoms with E-state index in [0.29, 0.717) is 55.2 Å². The van der Waals surface area contributed by atoms with Crippen LogP contribution in [0.25, 0.3) is 11.6 Å². The molecule has 9 heteroatoms. The molecular weight excluding hydrogens is 366 g/mol. The zero-order chi connectivity index (χ0) is 19.4. The summed E-state index contributed by atoms with van der Waals surface area (Å²) in [7, 11) is 0. The van der Waals surface area contributed by atoms with Gasteiger partial charge < -0.3 is 14.2 Å². The number of amides is 2. The topological polar surface area (TPSA) is 84.5 Å². The smallest absolute Gasteiger partial charge is 0.233 e. The molecule has 0 spiro atoms. The Balaban J connectivity index is 1.55. The first-order valence-electron chi connectivity index (χ1n) is 9.17. The summed E-state index contributed by atoms with van der Waals surface area (Å²) in [6, 6.07) is 3.65. The molecular formula is C18H25N5O3S. The standard InChI is InChI=1S/C18H25N5O3S/c1-4-23-16(14-6-5-11-26-14)19-20-18(23)27-12-15(24)21-7-9-22(10-8-21)17(25)13(2)3/h5-6,11,13H,4,7-10,12H2,1-3H3. The van der Waals surface area contributed by atoms with Crippen LogP contribution < -0.4 is 0 Å². The SMILES string of the molecule is CCn1c(SCC(=O)N2CCN(C(=O)C(C)C)CC2)nnc1-c1ccco1. The van der Waals surface area contributed by atoms with Crippen molar-refractivity contribution in [2.75, 3.05) is 31.9 Å². The number of piperazine rings is 1. The van der Waals surface area contributed by atoms with Crippen molar-refractivity contribution in [2.45, 2.75) is 32.5 Å². The van der Waals surface area contributed by atoms with E-state index < -0.39 is 0 Å². The van der Waals surface area contributed by atoms with Gasteiger partial charge in [0.15, 0.2) is 16.7 Å². The second kappa shape index (κ2) is 8.60. The summed E-state index contributed by atoms with van der Waals surface area (Å²) in [6.07, 6.45) is 1.60. The van der Waals surface area contributed by atoms with Crippen LogP contribution in [0.3, 0.4) is 0 Å². The number of carbonyl (C=O) groups is 2. The second-order valence-corrected chi connectivity index (χ2v) is 7.62. The lowest BCUT2D eigenvalue weighted by molar-refractivity contribution is -0.140. The number of hydrogen-bond acceptors (Lipinski definition) is 6. The number of nitrogens with zero attached hydrogens (tertiary/aromatic N) is 5. The number of rotatable bonds is 6. The summed E-state index contributed by atoms with van der Waals surface area (Å²) in [6.45, 7) is 8.85. The van der Waals surface area contributed by atoms with Gasteiger partial charge >= 0.3 is 0 Å². The largest absolute Gasteiger partial charge is 0.461 e. The quantitative estimate of drug-likeness (QED) is 0.700. The molecule has 1 aliphatic heterocycles. The minimum Gasteiger partial charge on any atom is -0.461 e. The lowest BCUT2D eigenvalue weighted by atomic mass is 10.1. The highest BCUT2D eigenvalue weighted by Gasteiger charge is 2.26. The maximum absolute atomic E-state index is 12.5. The first kappa shape index (κ1) is 19.5. The van der Waals surface area contributed by atoms with Crippen molar-refractivity contribution in [3.8, 4) is 11.6 Å². The van der Waals surface area contributed by atoms with Gasteiger partial charge in [0.05, 0.1) is 12.0 Å². The van der Waals surface area contributed by atoms with Gasteiger partial charge in [0.1, 0.15) is 0 Å². The second-order valence-electron chi connectivity index (χ2n) is 6.68. The Labute approximate surface area is 162 Å². The Morgan fingerprint density at radius 1 is 1.19 bits per heavy atom. The molecule has 0 aromatic carbocycles. The lowest BCUT2D eigenvalue weighted by Gasteiger charge is -2.35. The fourth-order valence-electron chi connectivity index (χ4n) is 3.03. The van der Waals surface area contributed by atoms with Crippen molar-refractivity contribution in [3.05, 3.63) is 18.4 Å². The average Bonchev–Trinajstić information content (AvgIpc) is 3.34. The minimum absolute atomic E-state index is 0.00781. The summed E-state index contributed by atoms with van der Waals surface area (Å²) in [5.74, 6) is 1.83. The molecule has 146 valence electrons. The van der Waals surface area contributed by atoms with Gasteiger partial charge in [-0.3, -0.25) is 14.2 Å². The van der Waals surface area contributed by atoms with Gasteiger partial charge in [-0.25, -0.2) is 0 Å². The van der Waals surface area contributed by atoms with E-state index in [9.17, 15) is 9.59 Å². The van der Waals surface area contributed by atoms with E-state index in [1.165, 1.54) is 11.8 Å². The van der Waals surface area contributed by atoms with Crippen LogP contribution in [0.4, 0.5) is 0 Å². The van der Waals surface area contributed by atoms with Gasteiger partial charge in [-0.15, -0.1) is 10.2 Å². The first-order valence-corrected chi connectivity index (χ1v) is 10.2. The third kappa shape index (κ3) is 4.35. The molecule has 3 rings (SSSR count). The number of aromatic nitrogens is 3. The van der Waals surface area contributed by atoms with Crippen molar-refractivity contribution < 1.29 is 14.0 Å².